The number of morpholine rings is 1. The molecule has 1 fully saturated rings. The van der Waals surface area contributed by atoms with Crippen molar-refractivity contribution in [3.8, 4) is 0 Å². The van der Waals surface area contributed by atoms with Gasteiger partial charge in [-0.3, -0.25) is 4.99 Å². The van der Waals surface area contributed by atoms with Gasteiger partial charge in [0.25, 0.3) is 0 Å². The molecule has 1 heterocycles. The fraction of sp³-hybridized carbons (Fsp3) is 0.632. The molecule has 10 heteroatoms. The molecule has 6 nitrogen and oxygen atoms in total. The number of hydrogen-bond donors (Lipinski definition) is 2. The fourth-order valence-corrected chi connectivity index (χ4v) is 2.77. The van der Waals surface area contributed by atoms with Gasteiger partial charge in [0.1, 0.15) is 0 Å². The van der Waals surface area contributed by atoms with Crippen molar-refractivity contribution in [2.24, 2.45) is 4.99 Å². The van der Waals surface area contributed by atoms with Gasteiger partial charge >= 0.3 is 6.18 Å². The van der Waals surface area contributed by atoms with Crippen LogP contribution in [0.1, 0.15) is 25.0 Å². The standard InChI is InChI=1S/C19H29F3N4O2.HI/c1-18(2,27-4)13-25-17(23-3)24-12-14-5-6-15(11-16(14)19(20,21)22)26-7-9-28-10-8-26;/h5-6,11H,7-10,12-13H2,1-4H3,(H2,23,24,25);1H. The SMILES string of the molecule is CN=C(NCc1ccc(N2CCOCC2)cc1C(F)(F)F)NCC(C)(C)OC.I. The maximum absolute atomic E-state index is 13.6. The molecular formula is C19H30F3IN4O2. The second-order valence-corrected chi connectivity index (χ2v) is 7.18. The first kappa shape index (κ1) is 25.8. The lowest BCUT2D eigenvalue weighted by molar-refractivity contribution is -0.138. The molecule has 0 atom stereocenters. The maximum atomic E-state index is 13.6. The molecule has 0 radical (unpaired) electrons. The summed E-state index contributed by atoms with van der Waals surface area (Å²) in [7, 11) is 3.17. The predicted octanol–water partition coefficient (Wildman–Crippen LogP) is 3.25. The van der Waals surface area contributed by atoms with E-state index in [9.17, 15) is 13.2 Å². The second-order valence-electron chi connectivity index (χ2n) is 7.18. The third-order valence-electron chi connectivity index (χ3n) is 4.68. The largest absolute Gasteiger partial charge is 0.416 e. The van der Waals surface area contributed by atoms with E-state index in [1.807, 2.05) is 18.7 Å². The highest BCUT2D eigenvalue weighted by atomic mass is 127. The van der Waals surface area contributed by atoms with Crippen molar-refractivity contribution in [1.29, 1.82) is 0 Å². The Balaban J connectivity index is 0.00000420. The number of nitrogens with one attached hydrogen (secondary N) is 2. The maximum Gasteiger partial charge on any atom is 0.416 e. The molecule has 0 spiro atoms. The highest BCUT2D eigenvalue weighted by Gasteiger charge is 2.34. The number of nitrogens with zero attached hydrogens (tertiary/aromatic N) is 2. The smallest absolute Gasteiger partial charge is 0.378 e. The predicted molar refractivity (Wildman–Crippen MR) is 119 cm³/mol. The molecule has 0 bridgehead atoms. The molecule has 0 amide bonds. The average Bonchev–Trinajstić information content (AvgIpc) is 2.68. The Morgan fingerprint density at radius 3 is 2.41 bits per heavy atom. The van der Waals surface area contributed by atoms with Crippen LogP contribution < -0.4 is 15.5 Å². The number of ether oxygens (including phenoxy) is 2. The van der Waals surface area contributed by atoms with Gasteiger partial charge in [-0.2, -0.15) is 13.2 Å². The van der Waals surface area contributed by atoms with E-state index in [0.29, 0.717) is 44.5 Å². The van der Waals surface area contributed by atoms with Gasteiger partial charge in [-0.05, 0) is 31.5 Å². The lowest BCUT2D eigenvalue weighted by Gasteiger charge is -2.30. The summed E-state index contributed by atoms with van der Waals surface area (Å²) in [6.07, 6.45) is -4.44. The van der Waals surface area contributed by atoms with Gasteiger partial charge in [-0.15, -0.1) is 24.0 Å². The van der Waals surface area contributed by atoms with Gasteiger partial charge in [0.15, 0.2) is 5.96 Å². The van der Waals surface area contributed by atoms with Crippen LogP contribution in [-0.4, -0.2) is 58.6 Å². The number of methoxy groups -OCH3 is 1. The summed E-state index contributed by atoms with van der Waals surface area (Å²) in [5.74, 6) is 0.413. The first-order valence-electron chi connectivity index (χ1n) is 9.19. The van der Waals surface area contributed by atoms with Crippen molar-refractivity contribution in [3.63, 3.8) is 0 Å². The van der Waals surface area contributed by atoms with Crippen molar-refractivity contribution in [2.45, 2.75) is 32.2 Å². The summed E-state index contributed by atoms with van der Waals surface area (Å²) in [6.45, 7) is 6.48. The minimum Gasteiger partial charge on any atom is -0.378 e. The minimum absolute atomic E-state index is 0. The summed E-state index contributed by atoms with van der Waals surface area (Å²) >= 11 is 0. The Bertz CT molecular complexity index is 678. The molecule has 1 saturated heterocycles. The van der Waals surface area contributed by atoms with E-state index in [-0.39, 0.29) is 36.1 Å². The lowest BCUT2D eigenvalue weighted by Crippen LogP contribution is -2.45. The van der Waals surface area contributed by atoms with Crippen LogP contribution in [0.5, 0.6) is 0 Å². The number of benzene rings is 1. The Labute approximate surface area is 187 Å². The van der Waals surface area contributed by atoms with Crippen LogP contribution in [0.15, 0.2) is 23.2 Å². The van der Waals surface area contributed by atoms with Crippen LogP contribution in [0.3, 0.4) is 0 Å². The van der Waals surface area contributed by atoms with Crippen molar-refractivity contribution in [3.05, 3.63) is 29.3 Å². The minimum atomic E-state index is -4.44. The first-order chi connectivity index (χ1) is 13.2. The number of hydrogen-bond acceptors (Lipinski definition) is 4. The topological polar surface area (TPSA) is 58.1 Å². The highest BCUT2D eigenvalue weighted by molar-refractivity contribution is 14.0. The molecule has 29 heavy (non-hydrogen) atoms. The van der Waals surface area contributed by atoms with Crippen molar-refractivity contribution >= 4 is 35.6 Å². The van der Waals surface area contributed by atoms with Gasteiger partial charge in [-0.25, -0.2) is 0 Å². The zero-order valence-electron chi connectivity index (χ0n) is 17.2. The fourth-order valence-electron chi connectivity index (χ4n) is 2.77. The summed E-state index contributed by atoms with van der Waals surface area (Å²) < 4.78 is 51.4. The first-order valence-corrected chi connectivity index (χ1v) is 9.19. The number of rotatable bonds is 6. The molecule has 166 valence electrons. The van der Waals surface area contributed by atoms with Crippen molar-refractivity contribution in [2.75, 3.05) is 51.9 Å². The highest BCUT2D eigenvalue weighted by Crippen LogP contribution is 2.35. The quantitative estimate of drug-likeness (QED) is 0.336. The molecule has 2 N–H and O–H groups in total. The van der Waals surface area contributed by atoms with Gasteiger partial charge in [0.05, 0.1) is 24.4 Å². The Morgan fingerprint density at radius 1 is 1.21 bits per heavy atom. The monoisotopic (exact) mass is 530 g/mol. The Hall–Kier alpha value is -1.27. The zero-order valence-corrected chi connectivity index (χ0v) is 19.6. The number of alkyl halides is 3. The van der Waals surface area contributed by atoms with Gasteiger partial charge in [0, 0.05) is 46.0 Å². The van der Waals surface area contributed by atoms with Crippen LogP contribution in [0.2, 0.25) is 0 Å². The van der Waals surface area contributed by atoms with Crippen LogP contribution >= 0.6 is 24.0 Å². The molecule has 1 aromatic carbocycles. The van der Waals surface area contributed by atoms with E-state index < -0.39 is 17.3 Å². The molecule has 2 rings (SSSR count). The van der Waals surface area contributed by atoms with Gasteiger partial charge in [-0.1, -0.05) is 6.07 Å². The van der Waals surface area contributed by atoms with E-state index in [4.69, 9.17) is 9.47 Å². The summed E-state index contributed by atoms with van der Waals surface area (Å²) in [6, 6.07) is 4.46. The van der Waals surface area contributed by atoms with E-state index >= 15 is 0 Å². The molecular weight excluding hydrogens is 500 g/mol. The van der Waals surface area contributed by atoms with Gasteiger partial charge < -0.3 is 25.0 Å². The number of halogens is 4. The van der Waals surface area contributed by atoms with Crippen LogP contribution in [-0.2, 0) is 22.2 Å². The van der Waals surface area contributed by atoms with E-state index in [1.54, 1.807) is 20.2 Å². The Morgan fingerprint density at radius 2 is 1.86 bits per heavy atom. The molecule has 1 aliphatic heterocycles. The second kappa shape index (κ2) is 11.2. The van der Waals surface area contributed by atoms with Crippen molar-refractivity contribution < 1.29 is 22.6 Å². The normalized spacial score (nSPS) is 15.7. The summed E-state index contributed by atoms with van der Waals surface area (Å²) in [5, 5.41) is 6.01. The van der Waals surface area contributed by atoms with E-state index in [0.717, 1.165) is 0 Å². The summed E-state index contributed by atoms with van der Waals surface area (Å²) in [5.41, 5.74) is -0.340. The average molecular weight is 530 g/mol. The number of anilines is 1. The summed E-state index contributed by atoms with van der Waals surface area (Å²) in [4.78, 5) is 5.96. The molecule has 1 aromatic rings. The number of aliphatic imine (C=N–C) groups is 1. The van der Waals surface area contributed by atoms with Crippen LogP contribution in [0.25, 0.3) is 0 Å². The number of guanidine groups is 1. The van der Waals surface area contributed by atoms with Crippen molar-refractivity contribution in [1.82, 2.24) is 10.6 Å². The molecule has 0 aliphatic carbocycles. The van der Waals surface area contributed by atoms with E-state index in [1.165, 1.54) is 12.1 Å². The third kappa shape index (κ3) is 7.82. The molecule has 1 aliphatic rings. The Kier molecular flexibility index (Phi) is 9.96. The molecule has 0 unspecified atom stereocenters. The van der Waals surface area contributed by atoms with E-state index in [2.05, 4.69) is 15.6 Å². The van der Waals surface area contributed by atoms with Crippen LogP contribution in [0, 0.1) is 0 Å². The van der Waals surface area contributed by atoms with Crippen LogP contribution in [0.4, 0.5) is 18.9 Å². The molecule has 0 aromatic heterocycles. The third-order valence-corrected chi connectivity index (χ3v) is 4.68. The zero-order chi connectivity index (χ0) is 20.8. The lowest BCUT2D eigenvalue weighted by atomic mass is 10.0. The van der Waals surface area contributed by atoms with Gasteiger partial charge in [0.2, 0.25) is 0 Å². The molecule has 0 saturated carbocycles.